The van der Waals surface area contributed by atoms with Crippen LogP contribution in [0.1, 0.15) is 32.6 Å². The first-order chi connectivity index (χ1) is 7.63. The van der Waals surface area contributed by atoms with E-state index in [9.17, 15) is 9.59 Å². The number of thioether (sulfide) groups is 1. The highest BCUT2D eigenvalue weighted by Crippen LogP contribution is 2.24. The summed E-state index contributed by atoms with van der Waals surface area (Å²) in [7, 11) is 0. The van der Waals surface area contributed by atoms with Crippen molar-refractivity contribution in [3.63, 3.8) is 0 Å². The first-order valence-electron chi connectivity index (χ1n) is 5.69. The maximum atomic E-state index is 11.6. The Morgan fingerprint density at radius 1 is 1.50 bits per heavy atom. The van der Waals surface area contributed by atoms with Crippen LogP contribution in [0.4, 0.5) is 0 Å². The SMILES string of the molecule is CC(=O)SC1CC(=O)N(CCCCCO)C1. The third-order valence-electron chi connectivity index (χ3n) is 2.60. The topological polar surface area (TPSA) is 57.6 Å². The number of carbonyl (C=O) groups excluding carboxylic acids is 2. The van der Waals surface area contributed by atoms with Crippen LogP contribution in [0.25, 0.3) is 0 Å². The number of unbranched alkanes of at least 4 members (excludes halogenated alkanes) is 2. The normalized spacial score (nSPS) is 20.5. The van der Waals surface area contributed by atoms with Gasteiger partial charge in [0.05, 0.1) is 0 Å². The summed E-state index contributed by atoms with van der Waals surface area (Å²) < 4.78 is 0. The lowest BCUT2D eigenvalue weighted by molar-refractivity contribution is -0.127. The Morgan fingerprint density at radius 2 is 2.25 bits per heavy atom. The average Bonchev–Trinajstić information content (AvgIpc) is 2.53. The Morgan fingerprint density at radius 3 is 2.88 bits per heavy atom. The van der Waals surface area contributed by atoms with Crippen molar-refractivity contribution in [2.24, 2.45) is 0 Å². The third-order valence-corrected chi connectivity index (χ3v) is 3.58. The Labute approximate surface area is 100 Å². The number of nitrogens with zero attached hydrogens (tertiary/aromatic N) is 1. The van der Waals surface area contributed by atoms with E-state index >= 15 is 0 Å². The highest BCUT2D eigenvalue weighted by molar-refractivity contribution is 8.14. The zero-order valence-corrected chi connectivity index (χ0v) is 10.5. The van der Waals surface area contributed by atoms with E-state index in [0.29, 0.717) is 13.0 Å². The molecule has 0 spiro atoms. The summed E-state index contributed by atoms with van der Waals surface area (Å²) in [6.45, 7) is 3.21. The molecule has 1 rings (SSSR count). The van der Waals surface area contributed by atoms with Gasteiger partial charge >= 0.3 is 0 Å². The third kappa shape index (κ3) is 4.53. The van der Waals surface area contributed by atoms with E-state index in [-0.39, 0.29) is 22.9 Å². The van der Waals surface area contributed by atoms with Crippen LogP contribution in [0.3, 0.4) is 0 Å². The second kappa shape index (κ2) is 6.91. The van der Waals surface area contributed by atoms with Crippen molar-refractivity contribution in [2.45, 2.75) is 37.9 Å². The van der Waals surface area contributed by atoms with Crippen LogP contribution in [0.2, 0.25) is 0 Å². The molecule has 0 radical (unpaired) electrons. The molecule has 16 heavy (non-hydrogen) atoms. The van der Waals surface area contributed by atoms with E-state index in [1.54, 1.807) is 6.92 Å². The summed E-state index contributed by atoms with van der Waals surface area (Å²) in [6, 6.07) is 0. The molecule has 1 atom stereocenters. The van der Waals surface area contributed by atoms with Crippen molar-refractivity contribution in [3.8, 4) is 0 Å². The molecule has 1 heterocycles. The van der Waals surface area contributed by atoms with Gasteiger partial charge in [-0.1, -0.05) is 11.8 Å². The maximum absolute atomic E-state index is 11.6. The van der Waals surface area contributed by atoms with Crippen LogP contribution in [-0.2, 0) is 9.59 Å². The minimum atomic E-state index is 0.0833. The number of likely N-dealkylation sites (tertiary alicyclic amines) is 1. The molecule has 0 saturated carbocycles. The molecule has 4 nitrogen and oxygen atoms in total. The van der Waals surface area contributed by atoms with Crippen molar-refractivity contribution < 1.29 is 14.7 Å². The molecule has 0 bridgehead atoms. The molecule has 5 heteroatoms. The standard InChI is InChI=1S/C11H19NO3S/c1-9(14)16-10-7-11(15)12(8-10)5-3-2-4-6-13/h10,13H,2-8H2,1H3. The van der Waals surface area contributed by atoms with Crippen LogP contribution >= 0.6 is 11.8 Å². The van der Waals surface area contributed by atoms with Gasteiger partial charge < -0.3 is 10.0 Å². The molecule has 1 unspecified atom stereocenters. The molecular weight excluding hydrogens is 226 g/mol. The molecule has 92 valence electrons. The molecule has 1 saturated heterocycles. The van der Waals surface area contributed by atoms with Gasteiger partial charge in [0, 0.05) is 38.3 Å². The molecule has 1 N–H and O–H groups in total. The van der Waals surface area contributed by atoms with Crippen molar-refractivity contribution in [2.75, 3.05) is 19.7 Å². The highest BCUT2D eigenvalue weighted by atomic mass is 32.2. The number of hydrogen-bond donors (Lipinski definition) is 1. The van der Waals surface area contributed by atoms with Crippen LogP contribution < -0.4 is 0 Å². The van der Waals surface area contributed by atoms with Crippen LogP contribution in [-0.4, -0.2) is 46.0 Å². The Kier molecular flexibility index (Phi) is 5.84. The Balaban J connectivity index is 2.23. The van der Waals surface area contributed by atoms with Crippen molar-refractivity contribution >= 4 is 22.8 Å². The quantitative estimate of drug-likeness (QED) is 0.710. The van der Waals surface area contributed by atoms with E-state index < -0.39 is 0 Å². The molecule has 0 aromatic carbocycles. The summed E-state index contributed by atoms with van der Waals surface area (Å²) in [5.74, 6) is 0.155. The zero-order valence-electron chi connectivity index (χ0n) is 9.65. The van der Waals surface area contributed by atoms with E-state index in [0.717, 1.165) is 25.8 Å². The van der Waals surface area contributed by atoms with E-state index in [1.807, 2.05) is 4.90 Å². The van der Waals surface area contributed by atoms with Gasteiger partial charge in [-0.25, -0.2) is 0 Å². The lowest BCUT2D eigenvalue weighted by Gasteiger charge is -2.15. The fourth-order valence-electron chi connectivity index (χ4n) is 1.86. The smallest absolute Gasteiger partial charge is 0.223 e. The molecule has 1 fully saturated rings. The molecule has 1 aliphatic rings. The zero-order chi connectivity index (χ0) is 12.0. The number of aliphatic hydroxyl groups excluding tert-OH is 1. The minimum Gasteiger partial charge on any atom is -0.396 e. The number of aliphatic hydroxyl groups is 1. The Hall–Kier alpha value is -0.550. The van der Waals surface area contributed by atoms with Crippen molar-refractivity contribution in [3.05, 3.63) is 0 Å². The number of rotatable bonds is 6. The number of carbonyl (C=O) groups is 2. The van der Waals surface area contributed by atoms with Gasteiger partial charge in [0.1, 0.15) is 0 Å². The largest absolute Gasteiger partial charge is 0.396 e. The van der Waals surface area contributed by atoms with Gasteiger partial charge in [-0.3, -0.25) is 9.59 Å². The van der Waals surface area contributed by atoms with Gasteiger partial charge in [-0.2, -0.15) is 0 Å². The van der Waals surface area contributed by atoms with E-state index in [1.165, 1.54) is 11.8 Å². The lowest BCUT2D eigenvalue weighted by atomic mass is 10.2. The molecule has 1 amide bonds. The van der Waals surface area contributed by atoms with Crippen LogP contribution in [0.15, 0.2) is 0 Å². The summed E-state index contributed by atoms with van der Waals surface area (Å²) in [4.78, 5) is 24.3. The molecule has 0 aromatic rings. The van der Waals surface area contributed by atoms with Gasteiger partial charge in [-0.15, -0.1) is 0 Å². The van der Waals surface area contributed by atoms with Crippen LogP contribution in [0, 0.1) is 0 Å². The lowest BCUT2D eigenvalue weighted by Crippen LogP contribution is -2.26. The molecular formula is C11H19NO3S. The van der Waals surface area contributed by atoms with E-state index in [2.05, 4.69) is 0 Å². The van der Waals surface area contributed by atoms with Crippen LogP contribution in [0.5, 0.6) is 0 Å². The predicted molar refractivity (Wildman–Crippen MR) is 64.2 cm³/mol. The number of hydrogen-bond acceptors (Lipinski definition) is 4. The monoisotopic (exact) mass is 245 g/mol. The fourth-order valence-corrected chi connectivity index (χ4v) is 2.81. The number of amides is 1. The van der Waals surface area contributed by atoms with Crippen molar-refractivity contribution in [1.29, 1.82) is 0 Å². The summed E-state index contributed by atoms with van der Waals surface area (Å²) >= 11 is 1.27. The summed E-state index contributed by atoms with van der Waals surface area (Å²) in [5, 5.41) is 8.85. The predicted octanol–water partition coefficient (Wildman–Crippen LogP) is 1.03. The van der Waals surface area contributed by atoms with E-state index in [4.69, 9.17) is 5.11 Å². The van der Waals surface area contributed by atoms with Gasteiger partial charge in [0.25, 0.3) is 0 Å². The van der Waals surface area contributed by atoms with Crippen molar-refractivity contribution in [1.82, 2.24) is 4.90 Å². The van der Waals surface area contributed by atoms with Gasteiger partial charge in [0.15, 0.2) is 5.12 Å². The second-order valence-corrected chi connectivity index (χ2v) is 5.54. The Bertz CT molecular complexity index is 258. The van der Waals surface area contributed by atoms with Gasteiger partial charge in [0.2, 0.25) is 5.91 Å². The first kappa shape index (κ1) is 13.5. The second-order valence-electron chi connectivity index (χ2n) is 4.06. The summed E-state index contributed by atoms with van der Waals surface area (Å²) in [5.41, 5.74) is 0. The first-order valence-corrected chi connectivity index (χ1v) is 6.57. The average molecular weight is 245 g/mol. The minimum absolute atomic E-state index is 0.0833. The highest BCUT2D eigenvalue weighted by Gasteiger charge is 2.30. The maximum Gasteiger partial charge on any atom is 0.223 e. The molecule has 1 aliphatic heterocycles. The summed E-state index contributed by atoms with van der Waals surface area (Å²) in [6.07, 6.45) is 3.17. The van der Waals surface area contributed by atoms with Gasteiger partial charge in [-0.05, 0) is 19.3 Å². The fraction of sp³-hybridized carbons (Fsp3) is 0.818. The molecule has 0 aliphatic carbocycles. The molecule has 0 aromatic heterocycles.